The van der Waals surface area contributed by atoms with Crippen molar-refractivity contribution in [2.75, 3.05) is 32.5 Å². The standard InChI is InChI=1S/C13H21N3O4S/c1-14-10-11-5-4-6-12(9-11)15-21(18,19)16(2)8-7-13(17)20-3/h4-6,9,14-15H,7-8,10H2,1-3H3. The number of carbonyl (C=O) groups is 1. The van der Waals surface area contributed by atoms with Gasteiger partial charge < -0.3 is 10.1 Å². The average Bonchev–Trinajstić information content (AvgIpc) is 2.44. The second-order valence-corrected chi connectivity index (χ2v) is 6.26. The summed E-state index contributed by atoms with van der Waals surface area (Å²) in [6, 6.07) is 7.10. The van der Waals surface area contributed by atoms with Crippen LogP contribution in [-0.2, 0) is 26.3 Å². The Balaban J connectivity index is 2.70. The van der Waals surface area contributed by atoms with E-state index in [9.17, 15) is 13.2 Å². The van der Waals surface area contributed by atoms with E-state index in [1.54, 1.807) is 18.2 Å². The van der Waals surface area contributed by atoms with Gasteiger partial charge in [-0.25, -0.2) is 0 Å². The molecular formula is C13H21N3O4S. The molecule has 0 radical (unpaired) electrons. The molecule has 21 heavy (non-hydrogen) atoms. The van der Waals surface area contributed by atoms with E-state index in [1.807, 2.05) is 13.1 Å². The Kier molecular flexibility index (Phi) is 6.60. The van der Waals surface area contributed by atoms with E-state index in [2.05, 4.69) is 14.8 Å². The minimum atomic E-state index is -3.69. The van der Waals surface area contributed by atoms with Gasteiger partial charge in [0.05, 0.1) is 19.2 Å². The summed E-state index contributed by atoms with van der Waals surface area (Å²) in [5.41, 5.74) is 1.45. The summed E-state index contributed by atoms with van der Waals surface area (Å²) in [6.07, 6.45) is 0.00764. The number of methoxy groups -OCH3 is 1. The Labute approximate surface area is 125 Å². The molecule has 1 aromatic carbocycles. The molecule has 0 aromatic heterocycles. The van der Waals surface area contributed by atoms with Gasteiger partial charge in [-0.1, -0.05) is 12.1 Å². The van der Waals surface area contributed by atoms with Crippen LogP contribution in [0.1, 0.15) is 12.0 Å². The molecule has 0 unspecified atom stereocenters. The Morgan fingerprint density at radius 3 is 2.71 bits per heavy atom. The lowest BCUT2D eigenvalue weighted by Gasteiger charge is -2.18. The van der Waals surface area contributed by atoms with Crippen LogP contribution in [0.15, 0.2) is 24.3 Å². The summed E-state index contributed by atoms with van der Waals surface area (Å²) >= 11 is 0. The Morgan fingerprint density at radius 1 is 1.38 bits per heavy atom. The molecule has 1 rings (SSSR count). The number of benzene rings is 1. The monoisotopic (exact) mass is 315 g/mol. The van der Waals surface area contributed by atoms with Gasteiger partial charge in [0.15, 0.2) is 0 Å². The number of hydrogen-bond acceptors (Lipinski definition) is 5. The van der Waals surface area contributed by atoms with Gasteiger partial charge in [-0.15, -0.1) is 0 Å². The van der Waals surface area contributed by atoms with Crippen LogP contribution in [0, 0.1) is 0 Å². The van der Waals surface area contributed by atoms with E-state index in [4.69, 9.17) is 0 Å². The van der Waals surface area contributed by atoms with Gasteiger partial charge >= 0.3 is 16.2 Å². The zero-order valence-electron chi connectivity index (χ0n) is 12.4. The topological polar surface area (TPSA) is 87.7 Å². The Bertz CT molecular complexity index is 575. The van der Waals surface area contributed by atoms with Crippen molar-refractivity contribution in [3.63, 3.8) is 0 Å². The van der Waals surface area contributed by atoms with Crippen LogP contribution >= 0.6 is 0 Å². The highest BCUT2D eigenvalue weighted by atomic mass is 32.2. The summed E-state index contributed by atoms with van der Waals surface area (Å²) in [5, 5.41) is 3.00. The van der Waals surface area contributed by atoms with Crippen LogP contribution in [0.2, 0.25) is 0 Å². The number of nitrogens with one attached hydrogen (secondary N) is 2. The number of carbonyl (C=O) groups excluding carboxylic acids is 1. The zero-order chi connectivity index (χ0) is 15.9. The molecule has 118 valence electrons. The molecule has 0 aliphatic heterocycles. The third-order valence-electron chi connectivity index (χ3n) is 2.82. The fraction of sp³-hybridized carbons (Fsp3) is 0.462. The van der Waals surface area contributed by atoms with Crippen molar-refractivity contribution in [1.29, 1.82) is 0 Å². The van der Waals surface area contributed by atoms with E-state index in [1.165, 1.54) is 14.2 Å². The molecule has 8 heteroatoms. The molecule has 0 amide bonds. The van der Waals surface area contributed by atoms with Gasteiger partial charge in [0.25, 0.3) is 0 Å². The number of esters is 1. The van der Waals surface area contributed by atoms with Crippen molar-refractivity contribution < 1.29 is 17.9 Å². The van der Waals surface area contributed by atoms with Crippen molar-refractivity contribution in [3.8, 4) is 0 Å². The summed E-state index contributed by atoms with van der Waals surface area (Å²) in [7, 11) is 0.795. The maximum atomic E-state index is 12.1. The number of ether oxygens (including phenoxy) is 1. The quantitative estimate of drug-likeness (QED) is 0.684. The lowest BCUT2D eigenvalue weighted by Crippen LogP contribution is -2.34. The number of hydrogen-bond donors (Lipinski definition) is 2. The first kappa shape index (κ1) is 17.4. The number of anilines is 1. The highest BCUT2D eigenvalue weighted by molar-refractivity contribution is 7.90. The lowest BCUT2D eigenvalue weighted by atomic mass is 10.2. The smallest absolute Gasteiger partial charge is 0.306 e. The van der Waals surface area contributed by atoms with E-state index in [-0.39, 0.29) is 13.0 Å². The molecule has 7 nitrogen and oxygen atoms in total. The summed E-state index contributed by atoms with van der Waals surface area (Å²) in [5.74, 6) is -0.451. The average molecular weight is 315 g/mol. The molecule has 0 spiro atoms. The zero-order valence-corrected chi connectivity index (χ0v) is 13.2. The minimum absolute atomic E-state index is 0.00764. The molecule has 0 saturated carbocycles. The summed E-state index contributed by atoms with van der Waals surface area (Å²) < 4.78 is 32.3. The van der Waals surface area contributed by atoms with Crippen molar-refractivity contribution >= 4 is 21.9 Å². The minimum Gasteiger partial charge on any atom is -0.469 e. The number of nitrogens with zero attached hydrogens (tertiary/aromatic N) is 1. The second-order valence-electron chi connectivity index (χ2n) is 4.49. The fourth-order valence-electron chi connectivity index (χ4n) is 1.65. The predicted molar refractivity (Wildman–Crippen MR) is 81.0 cm³/mol. The van der Waals surface area contributed by atoms with Gasteiger partial charge in [-0.2, -0.15) is 12.7 Å². The molecule has 0 aliphatic carbocycles. The van der Waals surface area contributed by atoms with E-state index >= 15 is 0 Å². The van der Waals surface area contributed by atoms with Crippen molar-refractivity contribution in [2.45, 2.75) is 13.0 Å². The van der Waals surface area contributed by atoms with E-state index in [0.717, 1.165) is 9.87 Å². The maximum absolute atomic E-state index is 12.1. The summed E-state index contributed by atoms with van der Waals surface area (Å²) in [6.45, 7) is 0.700. The third kappa shape index (κ3) is 5.70. The van der Waals surface area contributed by atoms with Gasteiger partial charge in [-0.05, 0) is 24.7 Å². The maximum Gasteiger partial charge on any atom is 0.306 e. The Hall–Kier alpha value is -1.64. The van der Waals surface area contributed by atoms with Crippen molar-refractivity contribution in [1.82, 2.24) is 9.62 Å². The first-order valence-corrected chi connectivity index (χ1v) is 7.87. The van der Waals surface area contributed by atoms with Gasteiger partial charge in [0, 0.05) is 20.1 Å². The molecule has 2 N–H and O–H groups in total. The van der Waals surface area contributed by atoms with Gasteiger partial charge in [-0.3, -0.25) is 9.52 Å². The van der Waals surface area contributed by atoms with Crippen molar-refractivity contribution in [3.05, 3.63) is 29.8 Å². The largest absolute Gasteiger partial charge is 0.469 e. The van der Waals surface area contributed by atoms with Crippen LogP contribution < -0.4 is 10.0 Å². The van der Waals surface area contributed by atoms with Crippen molar-refractivity contribution in [2.24, 2.45) is 0 Å². The highest BCUT2D eigenvalue weighted by Gasteiger charge is 2.18. The molecule has 0 aliphatic rings. The van der Waals surface area contributed by atoms with Crippen LogP contribution in [0.5, 0.6) is 0 Å². The fourth-order valence-corrected chi connectivity index (χ4v) is 2.56. The molecule has 0 atom stereocenters. The normalized spacial score (nSPS) is 11.4. The molecule has 0 heterocycles. The van der Waals surface area contributed by atoms with Gasteiger partial charge in [0.2, 0.25) is 0 Å². The van der Waals surface area contributed by atoms with Crippen LogP contribution in [0.4, 0.5) is 5.69 Å². The Morgan fingerprint density at radius 2 is 2.10 bits per heavy atom. The van der Waals surface area contributed by atoms with E-state index in [0.29, 0.717) is 12.2 Å². The van der Waals surface area contributed by atoms with Crippen LogP contribution in [0.3, 0.4) is 0 Å². The first-order valence-electron chi connectivity index (χ1n) is 6.43. The second kappa shape index (κ2) is 7.96. The molecule has 1 aromatic rings. The van der Waals surface area contributed by atoms with E-state index < -0.39 is 16.2 Å². The van der Waals surface area contributed by atoms with Crippen LogP contribution in [-0.4, -0.2) is 46.4 Å². The molecule has 0 bridgehead atoms. The molecule has 0 saturated heterocycles. The molecular weight excluding hydrogens is 294 g/mol. The first-order chi connectivity index (χ1) is 9.89. The highest BCUT2D eigenvalue weighted by Crippen LogP contribution is 2.13. The lowest BCUT2D eigenvalue weighted by molar-refractivity contribution is -0.140. The summed E-state index contributed by atoms with van der Waals surface area (Å²) in [4.78, 5) is 11.0. The third-order valence-corrected chi connectivity index (χ3v) is 4.32. The number of rotatable bonds is 8. The van der Waals surface area contributed by atoms with Gasteiger partial charge in [0.1, 0.15) is 0 Å². The molecule has 0 fully saturated rings. The predicted octanol–water partition coefficient (Wildman–Crippen LogP) is 0.558. The SMILES string of the molecule is CNCc1cccc(NS(=O)(=O)N(C)CCC(=O)OC)c1. The van der Waals surface area contributed by atoms with Crippen LogP contribution in [0.25, 0.3) is 0 Å².